The van der Waals surface area contributed by atoms with Crippen molar-refractivity contribution in [2.45, 2.75) is 64.0 Å². The van der Waals surface area contributed by atoms with Gasteiger partial charge in [0.25, 0.3) is 0 Å². The van der Waals surface area contributed by atoms with Gasteiger partial charge in [-0.2, -0.15) is 5.10 Å². The van der Waals surface area contributed by atoms with E-state index in [9.17, 15) is 4.79 Å². The summed E-state index contributed by atoms with van der Waals surface area (Å²) in [5.41, 5.74) is -0.460. The van der Waals surface area contributed by atoms with Crippen molar-refractivity contribution in [3.05, 3.63) is 10.6 Å². The number of H-pyrrole nitrogens is 1. The molecule has 22 heavy (non-hydrogen) atoms. The van der Waals surface area contributed by atoms with Gasteiger partial charge in [-0.25, -0.2) is 4.79 Å². The minimum Gasteiger partial charge on any atom is -0.444 e. The molecule has 1 saturated carbocycles. The zero-order chi connectivity index (χ0) is 15.9. The van der Waals surface area contributed by atoms with E-state index >= 15 is 0 Å². The first-order valence-electron chi connectivity index (χ1n) is 8.00. The number of hydrogen-bond donors (Lipinski definition) is 1. The number of nitrogens with zero attached hydrogens (tertiary/aromatic N) is 3. The molecule has 0 aromatic carbocycles. The van der Waals surface area contributed by atoms with Crippen LogP contribution in [0.1, 0.15) is 64.2 Å². The van der Waals surface area contributed by atoms with Gasteiger partial charge in [-0.1, -0.05) is 0 Å². The standard InChI is InChI=1S/C15H24N4O2S/c1-15(2,3)21-14(20)18-8-4-5-10(9-18)12-16-17-13(22)19(12)11-6-7-11/h10-11H,4-9H2,1-3H3,(H,17,22)/t10-/m0/s1. The van der Waals surface area contributed by atoms with E-state index in [1.165, 1.54) is 12.8 Å². The molecule has 1 aromatic heterocycles. The summed E-state index contributed by atoms with van der Waals surface area (Å²) in [6.45, 7) is 7.08. The van der Waals surface area contributed by atoms with Crippen LogP contribution in [-0.4, -0.2) is 44.4 Å². The van der Waals surface area contributed by atoms with E-state index < -0.39 is 5.60 Å². The van der Waals surface area contributed by atoms with Crippen molar-refractivity contribution in [2.24, 2.45) is 0 Å². The molecule has 2 heterocycles. The third-order valence-electron chi connectivity index (χ3n) is 4.08. The van der Waals surface area contributed by atoms with E-state index in [0.29, 0.717) is 17.4 Å². The van der Waals surface area contributed by atoms with Gasteiger partial charge in [-0.05, 0) is 58.7 Å². The maximum absolute atomic E-state index is 12.3. The molecule has 1 atom stereocenters. The number of aromatic nitrogens is 3. The van der Waals surface area contributed by atoms with E-state index in [2.05, 4.69) is 14.8 Å². The highest BCUT2D eigenvalue weighted by Crippen LogP contribution is 2.38. The van der Waals surface area contributed by atoms with E-state index in [0.717, 1.165) is 25.2 Å². The Balaban J connectivity index is 1.73. The zero-order valence-corrected chi connectivity index (χ0v) is 14.3. The second-order valence-electron chi connectivity index (χ2n) is 7.25. The number of carbonyl (C=O) groups excluding carboxylic acids is 1. The smallest absolute Gasteiger partial charge is 0.410 e. The Bertz CT molecular complexity index is 612. The Hall–Kier alpha value is -1.37. The summed E-state index contributed by atoms with van der Waals surface area (Å²) in [5.74, 6) is 1.23. The van der Waals surface area contributed by atoms with Crippen molar-refractivity contribution in [3.63, 3.8) is 0 Å². The lowest BCUT2D eigenvalue weighted by molar-refractivity contribution is 0.0195. The normalized spacial score (nSPS) is 22.7. The monoisotopic (exact) mass is 324 g/mol. The van der Waals surface area contributed by atoms with Crippen LogP contribution in [-0.2, 0) is 4.74 Å². The van der Waals surface area contributed by atoms with E-state index in [4.69, 9.17) is 17.0 Å². The molecule has 2 fully saturated rings. The molecule has 1 aliphatic heterocycles. The molecule has 0 radical (unpaired) electrons. The van der Waals surface area contributed by atoms with Crippen molar-refractivity contribution in [1.82, 2.24) is 19.7 Å². The maximum atomic E-state index is 12.3. The largest absolute Gasteiger partial charge is 0.444 e. The van der Waals surface area contributed by atoms with Gasteiger partial charge >= 0.3 is 6.09 Å². The van der Waals surface area contributed by atoms with Gasteiger partial charge in [0, 0.05) is 25.0 Å². The Morgan fingerprint density at radius 3 is 2.73 bits per heavy atom. The summed E-state index contributed by atoms with van der Waals surface area (Å²) in [4.78, 5) is 14.1. The van der Waals surface area contributed by atoms with Gasteiger partial charge in [0.15, 0.2) is 4.77 Å². The highest BCUT2D eigenvalue weighted by molar-refractivity contribution is 7.71. The van der Waals surface area contributed by atoms with Crippen LogP contribution in [0.4, 0.5) is 4.79 Å². The molecule has 0 spiro atoms. The number of carbonyl (C=O) groups is 1. The SMILES string of the molecule is CC(C)(C)OC(=O)N1CCC[C@H](c2n[nH]c(=S)n2C2CC2)C1. The number of amides is 1. The summed E-state index contributed by atoms with van der Waals surface area (Å²) < 4.78 is 8.34. The van der Waals surface area contributed by atoms with Gasteiger partial charge in [-0.3, -0.25) is 5.10 Å². The van der Waals surface area contributed by atoms with Gasteiger partial charge in [0.2, 0.25) is 0 Å². The Kier molecular flexibility index (Phi) is 4.01. The molecule has 2 aliphatic rings. The predicted molar refractivity (Wildman–Crippen MR) is 85.5 cm³/mol. The van der Waals surface area contributed by atoms with Crippen molar-refractivity contribution < 1.29 is 9.53 Å². The Morgan fingerprint density at radius 1 is 1.36 bits per heavy atom. The molecular weight excluding hydrogens is 300 g/mol. The van der Waals surface area contributed by atoms with Gasteiger partial charge < -0.3 is 14.2 Å². The molecule has 1 aliphatic carbocycles. The summed E-state index contributed by atoms with van der Waals surface area (Å²) >= 11 is 5.35. The highest BCUT2D eigenvalue weighted by atomic mass is 32.1. The van der Waals surface area contributed by atoms with E-state index in [-0.39, 0.29) is 12.0 Å². The highest BCUT2D eigenvalue weighted by Gasteiger charge is 2.34. The first-order chi connectivity index (χ1) is 10.3. The first kappa shape index (κ1) is 15.5. The number of ether oxygens (including phenoxy) is 1. The van der Waals surface area contributed by atoms with Crippen molar-refractivity contribution >= 4 is 18.3 Å². The van der Waals surface area contributed by atoms with Gasteiger partial charge in [-0.15, -0.1) is 0 Å². The number of piperidine rings is 1. The molecular formula is C15H24N4O2S. The van der Waals surface area contributed by atoms with Crippen LogP contribution in [0.5, 0.6) is 0 Å². The first-order valence-corrected chi connectivity index (χ1v) is 8.41. The fourth-order valence-electron chi connectivity index (χ4n) is 2.97. The average molecular weight is 324 g/mol. The van der Waals surface area contributed by atoms with Crippen LogP contribution in [0.25, 0.3) is 0 Å². The van der Waals surface area contributed by atoms with Crippen molar-refractivity contribution in [1.29, 1.82) is 0 Å². The predicted octanol–water partition coefficient (Wildman–Crippen LogP) is 3.39. The topological polar surface area (TPSA) is 63.1 Å². The second-order valence-corrected chi connectivity index (χ2v) is 7.64. The average Bonchev–Trinajstić information content (AvgIpc) is 3.20. The van der Waals surface area contributed by atoms with Crippen LogP contribution >= 0.6 is 12.2 Å². The van der Waals surface area contributed by atoms with Crippen LogP contribution in [0.3, 0.4) is 0 Å². The Labute approximate surface area is 135 Å². The molecule has 1 aromatic rings. The number of aromatic amines is 1. The third kappa shape index (κ3) is 3.34. The van der Waals surface area contributed by atoms with Crippen LogP contribution in [0.15, 0.2) is 0 Å². The quantitative estimate of drug-likeness (QED) is 0.847. The zero-order valence-electron chi connectivity index (χ0n) is 13.5. The Morgan fingerprint density at radius 2 is 2.09 bits per heavy atom. The third-order valence-corrected chi connectivity index (χ3v) is 4.37. The number of rotatable bonds is 2. The molecule has 1 amide bonds. The van der Waals surface area contributed by atoms with Crippen LogP contribution in [0, 0.1) is 4.77 Å². The molecule has 1 saturated heterocycles. The van der Waals surface area contributed by atoms with Crippen LogP contribution < -0.4 is 0 Å². The molecule has 7 heteroatoms. The van der Waals surface area contributed by atoms with Crippen molar-refractivity contribution in [3.8, 4) is 0 Å². The minimum atomic E-state index is -0.460. The summed E-state index contributed by atoms with van der Waals surface area (Å²) in [6, 6.07) is 0.498. The molecule has 122 valence electrons. The minimum absolute atomic E-state index is 0.231. The molecule has 3 rings (SSSR count). The van der Waals surface area contributed by atoms with Crippen LogP contribution in [0.2, 0.25) is 0 Å². The van der Waals surface area contributed by atoms with Gasteiger partial charge in [0.1, 0.15) is 11.4 Å². The van der Waals surface area contributed by atoms with Crippen molar-refractivity contribution in [2.75, 3.05) is 13.1 Å². The van der Waals surface area contributed by atoms with E-state index in [1.807, 2.05) is 20.8 Å². The fourth-order valence-corrected chi connectivity index (χ4v) is 3.26. The fraction of sp³-hybridized carbons (Fsp3) is 0.800. The summed E-state index contributed by atoms with van der Waals surface area (Å²) in [5, 5.41) is 7.36. The lowest BCUT2D eigenvalue weighted by atomic mass is 9.97. The molecule has 0 bridgehead atoms. The molecule has 0 unspecified atom stereocenters. The molecule has 1 N–H and O–H groups in total. The van der Waals surface area contributed by atoms with Gasteiger partial charge in [0.05, 0.1) is 0 Å². The second kappa shape index (κ2) is 5.68. The lowest BCUT2D eigenvalue weighted by Gasteiger charge is -2.33. The van der Waals surface area contributed by atoms with E-state index in [1.54, 1.807) is 4.90 Å². The summed E-state index contributed by atoms with van der Waals surface area (Å²) in [6.07, 6.45) is 4.11. The number of nitrogens with one attached hydrogen (secondary N) is 1. The maximum Gasteiger partial charge on any atom is 0.410 e. The number of hydrogen-bond acceptors (Lipinski definition) is 4. The summed E-state index contributed by atoms with van der Waals surface area (Å²) in [7, 11) is 0. The number of likely N-dealkylation sites (tertiary alicyclic amines) is 1. The lowest BCUT2D eigenvalue weighted by Crippen LogP contribution is -2.42. The molecule has 6 nitrogen and oxygen atoms in total.